The van der Waals surface area contributed by atoms with Gasteiger partial charge in [0.15, 0.2) is 0 Å². The fourth-order valence-corrected chi connectivity index (χ4v) is 5.28. The van der Waals surface area contributed by atoms with Crippen LogP contribution in [0.1, 0.15) is 35.2 Å². The Balaban J connectivity index is 1.23. The highest BCUT2D eigenvalue weighted by atomic mass is 19.1. The van der Waals surface area contributed by atoms with Crippen LogP contribution in [0, 0.1) is 11.2 Å². The molecule has 0 saturated carbocycles. The Labute approximate surface area is 204 Å². The van der Waals surface area contributed by atoms with Crippen LogP contribution in [0.5, 0.6) is 0 Å². The van der Waals surface area contributed by atoms with E-state index >= 15 is 0 Å². The first kappa shape index (κ1) is 23.0. The van der Waals surface area contributed by atoms with Crippen molar-refractivity contribution in [3.05, 3.63) is 83.9 Å². The maximum Gasteiger partial charge on any atom is 0.253 e. The van der Waals surface area contributed by atoms with Crippen LogP contribution in [0.2, 0.25) is 0 Å². The zero-order chi connectivity index (χ0) is 24.4. The van der Waals surface area contributed by atoms with Gasteiger partial charge in [-0.1, -0.05) is 18.2 Å². The van der Waals surface area contributed by atoms with Crippen molar-refractivity contribution in [2.75, 3.05) is 25.5 Å². The summed E-state index contributed by atoms with van der Waals surface area (Å²) in [6.45, 7) is 1.09. The van der Waals surface area contributed by atoms with E-state index < -0.39 is 5.41 Å². The number of aromatic nitrogens is 2. The maximum atomic E-state index is 13.3. The summed E-state index contributed by atoms with van der Waals surface area (Å²) in [5.41, 5.74) is 1.93. The van der Waals surface area contributed by atoms with E-state index in [4.69, 9.17) is 0 Å². The molecule has 8 heteroatoms. The molecule has 5 rings (SSSR count). The molecule has 7 nitrogen and oxygen atoms in total. The molecule has 2 aliphatic rings. The molecule has 1 N–H and O–H groups in total. The van der Waals surface area contributed by atoms with E-state index in [1.807, 2.05) is 29.0 Å². The minimum Gasteiger partial charge on any atom is -0.342 e. The number of rotatable bonds is 5. The van der Waals surface area contributed by atoms with Crippen molar-refractivity contribution in [3.8, 4) is 0 Å². The van der Waals surface area contributed by atoms with E-state index in [1.54, 1.807) is 42.7 Å². The number of anilines is 2. The highest BCUT2D eigenvalue weighted by Gasteiger charge is 2.51. The molecule has 2 amide bonds. The molecule has 0 aliphatic carbocycles. The topological polar surface area (TPSA) is 78.4 Å². The summed E-state index contributed by atoms with van der Waals surface area (Å²) in [5.74, 6) is 0.328. The first-order chi connectivity index (χ1) is 16.9. The molecule has 35 heavy (non-hydrogen) atoms. The number of likely N-dealkylation sites (tertiary alicyclic amines) is 2. The third-order valence-electron chi connectivity index (χ3n) is 7.27. The van der Waals surface area contributed by atoms with Crippen molar-refractivity contribution in [2.24, 2.45) is 5.41 Å². The SMILES string of the molecule is CN1C(=O)C2(CCN(C(=O)c3cccc(Nc4ncccn4)c3)CC2)C[C@@H]1Cc1ccc(F)cc1. The van der Waals surface area contributed by atoms with Crippen LogP contribution in [-0.4, -0.2) is 57.8 Å². The van der Waals surface area contributed by atoms with Crippen molar-refractivity contribution in [1.29, 1.82) is 0 Å². The van der Waals surface area contributed by atoms with E-state index in [1.165, 1.54) is 12.1 Å². The average molecular weight is 474 g/mol. The Morgan fingerprint density at radius 2 is 1.80 bits per heavy atom. The molecule has 0 bridgehead atoms. The molecule has 1 atom stereocenters. The van der Waals surface area contributed by atoms with Gasteiger partial charge in [0.05, 0.1) is 5.41 Å². The summed E-state index contributed by atoms with van der Waals surface area (Å²) in [6.07, 6.45) is 6.07. The number of amides is 2. The third kappa shape index (κ3) is 4.73. The Bertz CT molecular complexity index is 1210. The number of nitrogens with one attached hydrogen (secondary N) is 1. The second-order valence-electron chi connectivity index (χ2n) is 9.46. The summed E-state index contributed by atoms with van der Waals surface area (Å²) in [5, 5.41) is 3.12. The molecule has 0 radical (unpaired) electrons. The zero-order valence-corrected chi connectivity index (χ0v) is 19.7. The van der Waals surface area contributed by atoms with Crippen molar-refractivity contribution in [1.82, 2.24) is 19.8 Å². The Morgan fingerprint density at radius 1 is 1.09 bits per heavy atom. The Hall–Kier alpha value is -3.81. The van der Waals surface area contributed by atoms with E-state index in [2.05, 4.69) is 15.3 Å². The lowest BCUT2D eigenvalue weighted by atomic mass is 9.75. The van der Waals surface area contributed by atoms with Gasteiger partial charge in [-0.2, -0.15) is 0 Å². The Morgan fingerprint density at radius 3 is 2.51 bits per heavy atom. The summed E-state index contributed by atoms with van der Waals surface area (Å²) >= 11 is 0. The number of halogens is 1. The van der Waals surface area contributed by atoms with Crippen LogP contribution < -0.4 is 5.32 Å². The van der Waals surface area contributed by atoms with Gasteiger partial charge in [0, 0.05) is 49.8 Å². The third-order valence-corrected chi connectivity index (χ3v) is 7.27. The molecule has 1 aromatic heterocycles. The van der Waals surface area contributed by atoms with Gasteiger partial charge in [0.25, 0.3) is 5.91 Å². The highest BCUT2D eigenvalue weighted by Crippen LogP contribution is 2.45. The largest absolute Gasteiger partial charge is 0.342 e. The lowest BCUT2D eigenvalue weighted by Gasteiger charge is -2.37. The van der Waals surface area contributed by atoms with Crippen LogP contribution in [0.4, 0.5) is 16.0 Å². The van der Waals surface area contributed by atoms with Gasteiger partial charge in [-0.3, -0.25) is 9.59 Å². The van der Waals surface area contributed by atoms with Crippen LogP contribution >= 0.6 is 0 Å². The number of piperidine rings is 1. The molecule has 2 fully saturated rings. The molecule has 2 aliphatic heterocycles. The van der Waals surface area contributed by atoms with Gasteiger partial charge in [-0.15, -0.1) is 0 Å². The molecule has 1 spiro atoms. The van der Waals surface area contributed by atoms with Crippen LogP contribution in [0.3, 0.4) is 0 Å². The van der Waals surface area contributed by atoms with Crippen LogP contribution in [0.25, 0.3) is 0 Å². The van der Waals surface area contributed by atoms with Crippen LogP contribution in [0.15, 0.2) is 67.0 Å². The standard InChI is InChI=1S/C27H28FN5O2/c1-32-23(16-19-6-8-21(28)9-7-19)18-27(25(32)35)10-14-33(15-11-27)24(34)20-4-2-5-22(17-20)31-26-29-12-3-13-30-26/h2-9,12-13,17,23H,10-11,14-16,18H2,1H3,(H,29,30,31)/t23-/m0/s1. The number of carbonyl (C=O) groups is 2. The molecule has 180 valence electrons. The Kier molecular flexibility index (Phi) is 6.19. The minimum atomic E-state index is -0.426. The second-order valence-corrected chi connectivity index (χ2v) is 9.46. The smallest absolute Gasteiger partial charge is 0.253 e. The van der Waals surface area contributed by atoms with E-state index in [0.29, 0.717) is 43.9 Å². The molecule has 2 aromatic carbocycles. The first-order valence-corrected chi connectivity index (χ1v) is 11.9. The predicted molar refractivity (Wildman–Crippen MR) is 131 cm³/mol. The first-order valence-electron chi connectivity index (χ1n) is 11.9. The summed E-state index contributed by atoms with van der Waals surface area (Å²) in [6, 6.07) is 15.6. The van der Waals surface area contributed by atoms with Gasteiger partial charge in [-0.05, 0) is 67.6 Å². The summed E-state index contributed by atoms with van der Waals surface area (Å²) in [4.78, 5) is 38.5. The molecular formula is C27H28FN5O2. The quantitative estimate of drug-likeness (QED) is 0.605. The van der Waals surface area contributed by atoms with Crippen molar-refractivity contribution in [3.63, 3.8) is 0 Å². The van der Waals surface area contributed by atoms with Crippen molar-refractivity contribution < 1.29 is 14.0 Å². The number of carbonyl (C=O) groups excluding carboxylic acids is 2. The van der Waals surface area contributed by atoms with E-state index in [9.17, 15) is 14.0 Å². The normalized spacial score (nSPS) is 19.3. The van der Waals surface area contributed by atoms with E-state index in [0.717, 1.165) is 17.7 Å². The van der Waals surface area contributed by atoms with Gasteiger partial charge < -0.3 is 15.1 Å². The number of hydrogen-bond acceptors (Lipinski definition) is 5. The van der Waals surface area contributed by atoms with Gasteiger partial charge in [0.1, 0.15) is 5.82 Å². The van der Waals surface area contributed by atoms with Gasteiger partial charge in [-0.25, -0.2) is 14.4 Å². The molecule has 3 heterocycles. The van der Waals surface area contributed by atoms with Crippen LogP contribution in [-0.2, 0) is 11.2 Å². The number of benzene rings is 2. The second kappa shape index (κ2) is 9.44. The molecular weight excluding hydrogens is 445 g/mol. The number of nitrogens with zero attached hydrogens (tertiary/aromatic N) is 4. The number of likely N-dealkylation sites (N-methyl/N-ethyl adjacent to an activating group) is 1. The fraction of sp³-hybridized carbons (Fsp3) is 0.333. The molecule has 3 aromatic rings. The lowest BCUT2D eigenvalue weighted by Crippen LogP contribution is -2.46. The van der Waals surface area contributed by atoms with E-state index in [-0.39, 0.29) is 23.7 Å². The predicted octanol–water partition coefficient (Wildman–Crippen LogP) is 4.06. The average Bonchev–Trinajstić information content (AvgIpc) is 3.10. The molecule has 0 unspecified atom stereocenters. The van der Waals surface area contributed by atoms with Crippen molar-refractivity contribution in [2.45, 2.75) is 31.7 Å². The minimum absolute atomic E-state index is 0.0425. The zero-order valence-electron chi connectivity index (χ0n) is 19.7. The van der Waals surface area contributed by atoms with Gasteiger partial charge in [0.2, 0.25) is 11.9 Å². The molecule has 2 saturated heterocycles. The summed E-state index contributed by atoms with van der Waals surface area (Å²) < 4.78 is 13.3. The maximum absolute atomic E-state index is 13.3. The summed E-state index contributed by atoms with van der Waals surface area (Å²) in [7, 11) is 1.86. The monoisotopic (exact) mass is 473 g/mol. The lowest BCUT2D eigenvalue weighted by molar-refractivity contribution is -0.137. The highest BCUT2D eigenvalue weighted by molar-refractivity contribution is 5.95. The number of hydrogen-bond donors (Lipinski definition) is 1. The van der Waals surface area contributed by atoms with Crippen molar-refractivity contribution >= 4 is 23.5 Å². The van der Waals surface area contributed by atoms with Gasteiger partial charge >= 0.3 is 0 Å². The fourth-order valence-electron chi connectivity index (χ4n) is 5.28.